The predicted octanol–water partition coefficient (Wildman–Crippen LogP) is 1.14. The van der Waals surface area contributed by atoms with Crippen molar-refractivity contribution in [2.45, 2.75) is 30.8 Å². The summed E-state index contributed by atoms with van der Waals surface area (Å²) in [5, 5.41) is 9.14. The first kappa shape index (κ1) is 17.2. The minimum Gasteiger partial charge on any atom is -0.339 e. The first-order valence-corrected chi connectivity index (χ1v) is 8.69. The van der Waals surface area contributed by atoms with Gasteiger partial charge in [0.1, 0.15) is 0 Å². The first-order valence-electron chi connectivity index (χ1n) is 7.15. The number of carbonyl (C=O) groups excluding carboxylic acids is 1. The molecule has 0 spiro atoms. The number of nitrogens with two attached hydrogens (primary N) is 1. The summed E-state index contributed by atoms with van der Waals surface area (Å²) in [5.41, 5.74) is 0.840. The monoisotopic (exact) mass is 336 g/mol. The number of hydrogen-bond donors (Lipinski definition) is 1. The third kappa shape index (κ3) is 4.40. The third-order valence-electron chi connectivity index (χ3n) is 3.78. The average Bonchev–Trinajstić information content (AvgIpc) is 3.04. The van der Waals surface area contributed by atoms with Crippen molar-refractivity contribution in [2.75, 3.05) is 7.05 Å². The molecule has 124 valence electrons. The fourth-order valence-corrected chi connectivity index (χ4v) is 2.71. The number of hydrogen-bond acceptors (Lipinski definition) is 4. The molecule has 2 aromatic rings. The smallest absolute Gasteiger partial charge is 0.238 e. The van der Waals surface area contributed by atoms with E-state index in [0.29, 0.717) is 13.0 Å². The van der Waals surface area contributed by atoms with E-state index in [1.165, 1.54) is 12.1 Å². The molecule has 0 unspecified atom stereocenters. The van der Waals surface area contributed by atoms with Gasteiger partial charge < -0.3 is 4.90 Å². The van der Waals surface area contributed by atoms with Crippen LogP contribution in [0.25, 0.3) is 0 Å². The van der Waals surface area contributed by atoms with Crippen LogP contribution in [-0.4, -0.2) is 36.1 Å². The second-order valence-corrected chi connectivity index (χ2v) is 6.88. The van der Waals surface area contributed by atoms with Gasteiger partial charge in [0.05, 0.1) is 10.9 Å². The Morgan fingerprint density at radius 1 is 1.35 bits per heavy atom. The zero-order valence-electron chi connectivity index (χ0n) is 13.1. The summed E-state index contributed by atoms with van der Waals surface area (Å²) >= 11 is 0. The van der Waals surface area contributed by atoms with Crippen LogP contribution in [0, 0.1) is 0 Å². The number of aromatic nitrogens is 2. The minimum atomic E-state index is -3.71. The van der Waals surface area contributed by atoms with Gasteiger partial charge in [-0.1, -0.05) is 12.1 Å². The van der Waals surface area contributed by atoms with Crippen LogP contribution in [0.15, 0.2) is 47.6 Å². The Morgan fingerprint density at radius 3 is 2.52 bits per heavy atom. The minimum absolute atomic E-state index is 0.0106. The standard InChI is InChI=1S/C15H20N4O3S/c1-12(13-4-6-14(7-5-13)23(16,21)22)18(2)15(20)8-11-19-10-3-9-17-19/h3-7,9-10,12H,8,11H2,1-2H3,(H2,16,21,22)/t12-/m0/s1. The summed E-state index contributed by atoms with van der Waals surface area (Å²) in [6, 6.07) is 7.87. The van der Waals surface area contributed by atoms with E-state index >= 15 is 0 Å². The molecule has 1 amide bonds. The van der Waals surface area contributed by atoms with Crippen molar-refractivity contribution in [1.29, 1.82) is 0 Å². The van der Waals surface area contributed by atoms with Gasteiger partial charge in [0.25, 0.3) is 0 Å². The SMILES string of the molecule is C[C@@H](c1ccc(S(N)(=O)=O)cc1)N(C)C(=O)CCn1cccn1. The predicted molar refractivity (Wildman–Crippen MR) is 85.8 cm³/mol. The first-order chi connectivity index (χ1) is 10.8. The summed E-state index contributed by atoms with van der Waals surface area (Å²) in [6.07, 6.45) is 3.82. The maximum atomic E-state index is 12.2. The number of aryl methyl sites for hydroxylation is 1. The van der Waals surface area contributed by atoms with E-state index in [1.807, 2.05) is 19.2 Å². The van der Waals surface area contributed by atoms with E-state index in [2.05, 4.69) is 5.10 Å². The molecule has 0 saturated carbocycles. The summed E-state index contributed by atoms with van der Waals surface area (Å²) in [6.45, 7) is 2.41. The van der Waals surface area contributed by atoms with Gasteiger partial charge >= 0.3 is 0 Å². The van der Waals surface area contributed by atoms with Crippen LogP contribution in [0.3, 0.4) is 0 Å². The lowest BCUT2D eigenvalue weighted by atomic mass is 10.1. The third-order valence-corrected chi connectivity index (χ3v) is 4.71. The van der Waals surface area contributed by atoms with Crippen LogP contribution in [0.5, 0.6) is 0 Å². The van der Waals surface area contributed by atoms with Crippen LogP contribution in [0.1, 0.15) is 24.9 Å². The maximum Gasteiger partial charge on any atom is 0.238 e. The molecule has 0 bridgehead atoms. The fraction of sp³-hybridized carbons (Fsp3) is 0.333. The number of primary sulfonamides is 1. The maximum absolute atomic E-state index is 12.2. The Balaban J connectivity index is 2.00. The van der Waals surface area contributed by atoms with E-state index in [9.17, 15) is 13.2 Å². The fourth-order valence-electron chi connectivity index (χ4n) is 2.19. The molecular formula is C15H20N4O3S. The molecule has 7 nitrogen and oxygen atoms in total. The number of carbonyl (C=O) groups is 1. The number of amides is 1. The lowest BCUT2D eigenvalue weighted by Gasteiger charge is -2.25. The highest BCUT2D eigenvalue weighted by molar-refractivity contribution is 7.89. The molecule has 0 radical (unpaired) electrons. The summed E-state index contributed by atoms with van der Waals surface area (Å²) < 4.78 is 24.2. The van der Waals surface area contributed by atoms with Gasteiger partial charge in [-0.3, -0.25) is 9.48 Å². The molecule has 0 fully saturated rings. The van der Waals surface area contributed by atoms with E-state index in [0.717, 1.165) is 5.56 Å². The molecule has 0 saturated heterocycles. The van der Waals surface area contributed by atoms with Gasteiger partial charge in [0.2, 0.25) is 15.9 Å². The lowest BCUT2D eigenvalue weighted by molar-refractivity contribution is -0.132. The average molecular weight is 336 g/mol. The molecule has 0 aliphatic rings. The second-order valence-electron chi connectivity index (χ2n) is 5.31. The number of nitrogens with zero attached hydrogens (tertiary/aromatic N) is 3. The van der Waals surface area contributed by atoms with Gasteiger partial charge in [-0.05, 0) is 30.7 Å². The summed E-state index contributed by atoms with van der Waals surface area (Å²) in [4.78, 5) is 13.9. The van der Waals surface area contributed by atoms with Crippen molar-refractivity contribution in [2.24, 2.45) is 5.14 Å². The van der Waals surface area contributed by atoms with Crippen LogP contribution < -0.4 is 5.14 Å². The largest absolute Gasteiger partial charge is 0.339 e. The molecule has 2 rings (SSSR count). The highest BCUT2D eigenvalue weighted by Gasteiger charge is 2.18. The van der Waals surface area contributed by atoms with Crippen molar-refractivity contribution in [3.8, 4) is 0 Å². The van der Waals surface area contributed by atoms with Crippen LogP contribution >= 0.6 is 0 Å². The van der Waals surface area contributed by atoms with E-state index < -0.39 is 10.0 Å². The molecule has 8 heteroatoms. The Morgan fingerprint density at radius 2 is 2.00 bits per heavy atom. The van der Waals surface area contributed by atoms with E-state index in [-0.39, 0.29) is 16.8 Å². The van der Waals surface area contributed by atoms with Crippen LogP contribution in [0.2, 0.25) is 0 Å². The van der Waals surface area contributed by atoms with Gasteiger partial charge in [0, 0.05) is 32.4 Å². The lowest BCUT2D eigenvalue weighted by Crippen LogP contribution is -2.30. The molecule has 1 atom stereocenters. The molecular weight excluding hydrogens is 316 g/mol. The topological polar surface area (TPSA) is 98.3 Å². The Kier molecular flexibility index (Phi) is 5.17. The zero-order valence-corrected chi connectivity index (χ0v) is 13.9. The summed E-state index contributed by atoms with van der Waals surface area (Å²) in [5.74, 6) is -0.0106. The van der Waals surface area contributed by atoms with Crippen LogP contribution in [-0.2, 0) is 21.4 Å². The highest BCUT2D eigenvalue weighted by atomic mass is 32.2. The Labute approximate surface area is 135 Å². The van der Waals surface area contributed by atoms with E-state index in [4.69, 9.17) is 5.14 Å². The summed E-state index contributed by atoms with van der Waals surface area (Å²) in [7, 11) is -1.98. The van der Waals surface area contributed by atoms with Crippen molar-refractivity contribution >= 4 is 15.9 Å². The second kappa shape index (κ2) is 6.93. The van der Waals surface area contributed by atoms with Gasteiger partial charge in [-0.15, -0.1) is 0 Å². The van der Waals surface area contributed by atoms with Crippen molar-refractivity contribution in [3.05, 3.63) is 48.3 Å². The van der Waals surface area contributed by atoms with Gasteiger partial charge in [-0.2, -0.15) is 5.10 Å². The van der Waals surface area contributed by atoms with Crippen LogP contribution in [0.4, 0.5) is 0 Å². The van der Waals surface area contributed by atoms with Crippen molar-refractivity contribution < 1.29 is 13.2 Å². The highest BCUT2D eigenvalue weighted by Crippen LogP contribution is 2.21. The molecule has 1 aromatic heterocycles. The Hall–Kier alpha value is -2.19. The van der Waals surface area contributed by atoms with Crippen molar-refractivity contribution in [3.63, 3.8) is 0 Å². The number of benzene rings is 1. The van der Waals surface area contributed by atoms with Crippen molar-refractivity contribution in [1.82, 2.24) is 14.7 Å². The number of rotatable bonds is 6. The van der Waals surface area contributed by atoms with E-state index in [1.54, 1.807) is 35.0 Å². The zero-order chi connectivity index (χ0) is 17.0. The molecule has 23 heavy (non-hydrogen) atoms. The molecule has 0 aliphatic heterocycles. The Bertz CT molecular complexity index is 755. The molecule has 1 aromatic carbocycles. The van der Waals surface area contributed by atoms with Gasteiger partial charge in [-0.25, -0.2) is 13.6 Å². The molecule has 1 heterocycles. The molecule has 0 aliphatic carbocycles. The number of sulfonamides is 1. The van der Waals surface area contributed by atoms with Gasteiger partial charge in [0.15, 0.2) is 0 Å². The quantitative estimate of drug-likeness (QED) is 0.855. The molecule has 2 N–H and O–H groups in total. The normalized spacial score (nSPS) is 12.8.